The molecule has 0 aliphatic carbocycles. The predicted octanol–water partition coefficient (Wildman–Crippen LogP) is 4.79. The van der Waals surface area contributed by atoms with Crippen molar-refractivity contribution in [1.29, 1.82) is 0 Å². The first-order valence-corrected chi connectivity index (χ1v) is 6.75. The molecule has 3 aromatic rings. The molecule has 0 unspecified atom stereocenters. The minimum atomic E-state index is -0.816. The maximum atomic E-state index is 13.1. The van der Waals surface area contributed by atoms with E-state index in [1.807, 2.05) is 23.6 Å². The fourth-order valence-corrected chi connectivity index (χ4v) is 2.70. The quantitative estimate of drug-likeness (QED) is 0.724. The van der Waals surface area contributed by atoms with E-state index in [2.05, 4.69) is 11.4 Å². The van der Waals surface area contributed by atoms with Crippen LogP contribution in [-0.4, -0.2) is 0 Å². The van der Waals surface area contributed by atoms with E-state index in [9.17, 15) is 8.78 Å². The summed E-state index contributed by atoms with van der Waals surface area (Å²) in [6.45, 7) is 0.465. The lowest BCUT2D eigenvalue weighted by Gasteiger charge is -2.07. The summed E-state index contributed by atoms with van der Waals surface area (Å²) in [5.41, 5.74) is 1.68. The Morgan fingerprint density at radius 2 is 1.84 bits per heavy atom. The molecule has 0 bridgehead atoms. The minimum absolute atomic E-state index is 0.465. The van der Waals surface area contributed by atoms with Gasteiger partial charge in [0.2, 0.25) is 0 Å². The van der Waals surface area contributed by atoms with Gasteiger partial charge in [-0.05, 0) is 52.7 Å². The lowest BCUT2D eigenvalue weighted by molar-refractivity contribution is 0.507. The predicted molar refractivity (Wildman–Crippen MR) is 75.5 cm³/mol. The van der Waals surface area contributed by atoms with Crippen LogP contribution < -0.4 is 5.32 Å². The van der Waals surface area contributed by atoms with Crippen molar-refractivity contribution in [3.63, 3.8) is 0 Å². The Labute approximate surface area is 113 Å². The second-order valence-electron chi connectivity index (χ2n) is 4.28. The van der Waals surface area contributed by atoms with E-state index in [4.69, 9.17) is 0 Å². The van der Waals surface area contributed by atoms with Crippen LogP contribution in [0, 0.1) is 11.6 Å². The van der Waals surface area contributed by atoms with Gasteiger partial charge in [-0.25, -0.2) is 8.78 Å². The zero-order chi connectivity index (χ0) is 13.2. The fraction of sp³-hybridized carbons (Fsp3) is 0.0667. The molecule has 0 spiro atoms. The number of hydrogen-bond acceptors (Lipinski definition) is 2. The van der Waals surface area contributed by atoms with E-state index in [-0.39, 0.29) is 0 Å². The number of nitrogens with one attached hydrogen (secondary N) is 1. The van der Waals surface area contributed by atoms with E-state index in [0.29, 0.717) is 12.1 Å². The van der Waals surface area contributed by atoms with Gasteiger partial charge in [0.25, 0.3) is 0 Å². The van der Waals surface area contributed by atoms with Crippen LogP contribution in [0.2, 0.25) is 0 Å². The van der Waals surface area contributed by atoms with Crippen molar-refractivity contribution in [3.8, 4) is 0 Å². The van der Waals surface area contributed by atoms with Gasteiger partial charge in [0.15, 0.2) is 11.6 Å². The van der Waals surface area contributed by atoms with Gasteiger partial charge in [-0.15, -0.1) is 11.3 Å². The second-order valence-corrected chi connectivity index (χ2v) is 5.22. The average molecular weight is 275 g/mol. The summed E-state index contributed by atoms with van der Waals surface area (Å²) in [6.07, 6.45) is 0. The maximum Gasteiger partial charge on any atom is 0.159 e. The standard InChI is InChI=1S/C15H11F2NS/c16-13-3-1-10(7-14(13)17)9-18-12-2-4-15-11(8-12)5-6-19-15/h1-8,18H,9H2. The first-order chi connectivity index (χ1) is 9.22. The van der Waals surface area contributed by atoms with Gasteiger partial charge in [0.1, 0.15) is 0 Å². The molecule has 1 N–H and O–H groups in total. The van der Waals surface area contributed by atoms with E-state index < -0.39 is 11.6 Å². The number of benzene rings is 2. The van der Waals surface area contributed by atoms with Crippen LogP contribution in [0.5, 0.6) is 0 Å². The number of thiophene rings is 1. The Kier molecular flexibility index (Phi) is 3.17. The number of fused-ring (bicyclic) bond motifs is 1. The lowest BCUT2D eigenvalue weighted by atomic mass is 10.2. The normalized spacial score (nSPS) is 10.8. The highest BCUT2D eigenvalue weighted by Crippen LogP contribution is 2.24. The van der Waals surface area contributed by atoms with E-state index in [0.717, 1.165) is 11.8 Å². The minimum Gasteiger partial charge on any atom is -0.381 e. The number of rotatable bonds is 3. The van der Waals surface area contributed by atoms with Crippen LogP contribution in [0.15, 0.2) is 47.8 Å². The zero-order valence-electron chi connectivity index (χ0n) is 9.99. The molecular weight excluding hydrogens is 264 g/mol. The molecule has 4 heteroatoms. The first-order valence-electron chi connectivity index (χ1n) is 5.87. The molecule has 0 aliphatic heterocycles. The van der Waals surface area contributed by atoms with E-state index >= 15 is 0 Å². The first kappa shape index (κ1) is 12.1. The highest BCUT2D eigenvalue weighted by molar-refractivity contribution is 7.17. The van der Waals surface area contributed by atoms with Crippen molar-refractivity contribution in [3.05, 3.63) is 65.0 Å². The van der Waals surface area contributed by atoms with E-state index in [1.54, 1.807) is 17.4 Å². The summed E-state index contributed by atoms with van der Waals surface area (Å²) in [4.78, 5) is 0. The van der Waals surface area contributed by atoms with Crippen molar-refractivity contribution in [1.82, 2.24) is 0 Å². The Balaban J connectivity index is 1.75. The topological polar surface area (TPSA) is 12.0 Å². The Hall–Kier alpha value is -1.94. The Bertz CT molecular complexity index is 721. The summed E-state index contributed by atoms with van der Waals surface area (Å²) in [5.74, 6) is -1.63. The van der Waals surface area contributed by atoms with Crippen LogP contribution in [0.3, 0.4) is 0 Å². The van der Waals surface area contributed by atoms with Crippen LogP contribution in [0.25, 0.3) is 10.1 Å². The molecule has 1 heterocycles. The van der Waals surface area contributed by atoms with Crippen molar-refractivity contribution < 1.29 is 8.78 Å². The van der Waals surface area contributed by atoms with Gasteiger partial charge in [0, 0.05) is 16.9 Å². The highest BCUT2D eigenvalue weighted by atomic mass is 32.1. The van der Waals surface area contributed by atoms with Gasteiger partial charge < -0.3 is 5.32 Å². The zero-order valence-corrected chi connectivity index (χ0v) is 10.8. The largest absolute Gasteiger partial charge is 0.381 e. The molecule has 0 saturated carbocycles. The lowest BCUT2D eigenvalue weighted by Crippen LogP contribution is -2.00. The van der Waals surface area contributed by atoms with Crippen molar-refractivity contribution >= 4 is 27.1 Å². The highest BCUT2D eigenvalue weighted by Gasteiger charge is 2.03. The fourth-order valence-electron chi connectivity index (χ4n) is 1.93. The van der Waals surface area contributed by atoms with Gasteiger partial charge >= 0.3 is 0 Å². The van der Waals surface area contributed by atoms with Crippen LogP contribution in [0.4, 0.5) is 14.5 Å². The average Bonchev–Trinajstić information content (AvgIpc) is 2.87. The van der Waals surface area contributed by atoms with Crippen LogP contribution in [0.1, 0.15) is 5.56 Å². The van der Waals surface area contributed by atoms with Gasteiger partial charge in [-0.2, -0.15) is 0 Å². The number of halogens is 2. The molecule has 19 heavy (non-hydrogen) atoms. The monoisotopic (exact) mass is 275 g/mol. The summed E-state index contributed by atoms with van der Waals surface area (Å²) in [6, 6.07) is 12.1. The SMILES string of the molecule is Fc1ccc(CNc2ccc3sccc3c2)cc1F. The van der Waals surface area contributed by atoms with E-state index in [1.165, 1.54) is 16.2 Å². The molecule has 3 rings (SSSR count). The van der Waals surface area contributed by atoms with Crippen molar-refractivity contribution in [2.75, 3.05) is 5.32 Å². The van der Waals surface area contributed by atoms with Crippen molar-refractivity contribution in [2.45, 2.75) is 6.54 Å². The molecule has 1 aromatic heterocycles. The molecule has 0 radical (unpaired) electrons. The molecule has 0 aliphatic rings. The molecule has 96 valence electrons. The third kappa shape index (κ3) is 2.58. The third-order valence-corrected chi connectivity index (χ3v) is 3.83. The Morgan fingerprint density at radius 1 is 0.947 bits per heavy atom. The number of hydrogen-bond donors (Lipinski definition) is 1. The molecular formula is C15H11F2NS. The summed E-state index contributed by atoms with van der Waals surface area (Å²) in [7, 11) is 0. The molecule has 0 atom stereocenters. The molecule has 0 amide bonds. The van der Waals surface area contributed by atoms with Gasteiger partial charge in [0.05, 0.1) is 0 Å². The van der Waals surface area contributed by atoms with Gasteiger partial charge in [-0.3, -0.25) is 0 Å². The molecule has 0 fully saturated rings. The van der Waals surface area contributed by atoms with Crippen molar-refractivity contribution in [2.24, 2.45) is 0 Å². The summed E-state index contributed by atoms with van der Waals surface area (Å²) >= 11 is 1.70. The summed E-state index contributed by atoms with van der Waals surface area (Å²) in [5, 5.41) is 6.43. The molecule has 0 saturated heterocycles. The molecule has 1 nitrogen and oxygen atoms in total. The molecule has 2 aromatic carbocycles. The van der Waals surface area contributed by atoms with Crippen LogP contribution >= 0.6 is 11.3 Å². The maximum absolute atomic E-state index is 13.1. The smallest absolute Gasteiger partial charge is 0.159 e. The van der Waals surface area contributed by atoms with Crippen LogP contribution in [-0.2, 0) is 6.54 Å². The third-order valence-electron chi connectivity index (χ3n) is 2.93. The number of anilines is 1. The Morgan fingerprint density at radius 3 is 2.68 bits per heavy atom. The second kappa shape index (κ2) is 4.97. The summed E-state index contributed by atoms with van der Waals surface area (Å²) < 4.78 is 27.1. The van der Waals surface area contributed by atoms with Gasteiger partial charge in [-0.1, -0.05) is 6.07 Å².